The van der Waals surface area contributed by atoms with Gasteiger partial charge < -0.3 is 5.11 Å². The van der Waals surface area contributed by atoms with Gasteiger partial charge in [0.2, 0.25) is 0 Å². The van der Waals surface area contributed by atoms with Crippen LogP contribution in [0.4, 0.5) is 0 Å². The zero-order valence-corrected chi connectivity index (χ0v) is 19.0. The fraction of sp³-hybridized carbons (Fsp3) is 0.536. The Morgan fingerprint density at radius 1 is 1.06 bits per heavy atom. The third-order valence-electron chi connectivity index (χ3n) is 8.70. The van der Waals surface area contributed by atoms with E-state index in [1.54, 1.807) is 0 Å². The van der Waals surface area contributed by atoms with Gasteiger partial charge in [0, 0.05) is 12.4 Å². The molecule has 0 bridgehead atoms. The Morgan fingerprint density at radius 3 is 2.72 bits per heavy atom. The minimum atomic E-state index is -0.627. The van der Waals surface area contributed by atoms with Crippen LogP contribution in [0.2, 0.25) is 0 Å². The Bertz CT molecular complexity index is 995. The number of hydrogen-bond acceptors (Lipinski definition) is 4. The molecular formula is C28H34N2O2. The molecule has 4 aliphatic carbocycles. The number of benzene rings is 1. The van der Waals surface area contributed by atoms with Crippen molar-refractivity contribution >= 4 is 10.8 Å². The minimum absolute atomic E-state index is 0.0466. The highest BCUT2D eigenvalue weighted by Gasteiger charge is 2.54. The van der Waals surface area contributed by atoms with Crippen LogP contribution in [0.25, 0.3) is 10.8 Å². The van der Waals surface area contributed by atoms with E-state index in [4.69, 9.17) is 0 Å². The molecule has 2 fully saturated rings. The molecule has 1 heterocycles. The van der Waals surface area contributed by atoms with Gasteiger partial charge in [-0.25, -0.2) is 0 Å². The van der Waals surface area contributed by atoms with E-state index in [9.17, 15) is 10.0 Å². The molecule has 1 aromatic carbocycles. The molecule has 0 radical (unpaired) electrons. The number of rotatable bonds is 1. The molecular weight excluding hydrogens is 396 g/mol. The Balaban J connectivity index is 0.000000180. The number of aliphatic hydroxyl groups is 1. The first-order chi connectivity index (χ1) is 15.5. The van der Waals surface area contributed by atoms with Gasteiger partial charge in [0.1, 0.15) is 0 Å². The maximum Gasteiger partial charge on any atom is 0.0957 e. The molecule has 1 aromatic heterocycles. The van der Waals surface area contributed by atoms with Crippen LogP contribution >= 0.6 is 0 Å². The van der Waals surface area contributed by atoms with Crippen LogP contribution in [0.5, 0.6) is 0 Å². The van der Waals surface area contributed by atoms with E-state index in [1.807, 2.05) is 30.6 Å². The quantitative estimate of drug-likeness (QED) is 0.509. The van der Waals surface area contributed by atoms with Crippen molar-refractivity contribution in [2.75, 3.05) is 0 Å². The van der Waals surface area contributed by atoms with Crippen molar-refractivity contribution in [2.24, 2.45) is 22.4 Å². The van der Waals surface area contributed by atoms with E-state index in [0.29, 0.717) is 17.3 Å². The summed E-state index contributed by atoms with van der Waals surface area (Å²) in [6.45, 7) is 2.37. The Morgan fingerprint density at radius 2 is 1.91 bits per heavy atom. The number of pyridine rings is 1. The average molecular weight is 431 g/mol. The SMILES string of the molecule is CC12CC=C3C=C4CC(N=O)CCC4CC[C@]3(O)C1CCC2.c1ccc2cnccc2c1. The van der Waals surface area contributed by atoms with Gasteiger partial charge in [0.25, 0.3) is 0 Å². The van der Waals surface area contributed by atoms with Crippen LogP contribution in [0.3, 0.4) is 0 Å². The summed E-state index contributed by atoms with van der Waals surface area (Å²) < 4.78 is 0. The first kappa shape index (κ1) is 21.5. The van der Waals surface area contributed by atoms with E-state index >= 15 is 0 Å². The van der Waals surface area contributed by atoms with Gasteiger partial charge in [0.15, 0.2) is 0 Å². The predicted octanol–water partition coefficient (Wildman–Crippen LogP) is 6.74. The molecule has 4 unspecified atom stereocenters. The molecule has 32 heavy (non-hydrogen) atoms. The summed E-state index contributed by atoms with van der Waals surface area (Å²) in [7, 11) is 0. The Labute approximate surface area is 190 Å². The van der Waals surface area contributed by atoms with E-state index in [0.717, 1.165) is 50.5 Å². The van der Waals surface area contributed by atoms with E-state index < -0.39 is 5.60 Å². The highest BCUT2D eigenvalue weighted by atomic mass is 16.3. The molecule has 0 saturated heterocycles. The predicted molar refractivity (Wildman–Crippen MR) is 129 cm³/mol. The van der Waals surface area contributed by atoms with Gasteiger partial charge in [0.05, 0.1) is 11.6 Å². The van der Waals surface area contributed by atoms with Gasteiger partial charge >= 0.3 is 0 Å². The third kappa shape index (κ3) is 3.83. The summed E-state index contributed by atoms with van der Waals surface area (Å²) in [5, 5.41) is 17.3. The summed E-state index contributed by atoms with van der Waals surface area (Å²) >= 11 is 0. The molecule has 1 N–H and O–H groups in total. The lowest BCUT2D eigenvalue weighted by molar-refractivity contribution is -0.0432. The molecule has 0 spiro atoms. The second-order valence-corrected chi connectivity index (χ2v) is 10.6. The summed E-state index contributed by atoms with van der Waals surface area (Å²) in [6.07, 6.45) is 17.8. The van der Waals surface area contributed by atoms with Crippen molar-refractivity contribution in [1.82, 2.24) is 4.98 Å². The number of aromatic nitrogens is 1. The average Bonchev–Trinajstić information content (AvgIpc) is 3.17. The third-order valence-corrected chi connectivity index (χ3v) is 8.70. The summed E-state index contributed by atoms with van der Waals surface area (Å²) in [6, 6.07) is 10.1. The molecule has 4 heteroatoms. The molecule has 4 nitrogen and oxygen atoms in total. The Kier molecular flexibility index (Phi) is 5.75. The maximum absolute atomic E-state index is 11.6. The standard InChI is InChI=1S/C19H27NO2.C9H7N/c1-18-8-2-3-17(18)19(21)10-6-13-4-5-16(20-22)12-14(13)11-15(19)7-9-18;1-2-4-9-7-10-6-5-8(9)3-1/h7,11,13,16-17,21H,2-6,8-10,12H2,1H3;1-7H/t13?,16?,17?,18?,19-;/m1./s1. The van der Waals surface area contributed by atoms with Crippen LogP contribution in [0.15, 0.2) is 71.2 Å². The van der Waals surface area contributed by atoms with Gasteiger partial charge in [-0.2, -0.15) is 4.91 Å². The lowest BCUT2D eigenvalue weighted by Gasteiger charge is -2.47. The largest absolute Gasteiger partial charge is 0.385 e. The van der Waals surface area contributed by atoms with Crippen LogP contribution in [0, 0.1) is 22.2 Å². The van der Waals surface area contributed by atoms with E-state index in [1.165, 1.54) is 29.2 Å². The van der Waals surface area contributed by atoms with Gasteiger partial charge in [-0.05, 0) is 91.0 Å². The van der Waals surface area contributed by atoms with Crippen molar-refractivity contribution in [3.8, 4) is 0 Å². The van der Waals surface area contributed by atoms with Crippen molar-refractivity contribution in [3.05, 3.63) is 70.9 Å². The number of hydrogen-bond donors (Lipinski definition) is 1. The fourth-order valence-corrected chi connectivity index (χ4v) is 6.85. The molecule has 0 amide bonds. The van der Waals surface area contributed by atoms with Crippen LogP contribution in [-0.2, 0) is 0 Å². The zero-order valence-electron chi connectivity index (χ0n) is 19.0. The lowest BCUT2D eigenvalue weighted by atomic mass is 9.61. The normalized spacial score (nSPS) is 35.8. The topological polar surface area (TPSA) is 62.5 Å². The van der Waals surface area contributed by atoms with Gasteiger partial charge in [-0.15, -0.1) is 0 Å². The number of nitrogens with zero attached hydrogens (tertiary/aromatic N) is 2. The van der Waals surface area contributed by atoms with Crippen molar-refractivity contribution in [2.45, 2.75) is 76.4 Å². The molecule has 2 aromatic rings. The molecule has 2 saturated carbocycles. The van der Waals surface area contributed by atoms with E-state index in [2.05, 4.69) is 41.4 Å². The highest BCUT2D eigenvalue weighted by Crippen LogP contribution is 2.58. The molecule has 6 rings (SSSR count). The van der Waals surface area contributed by atoms with Crippen molar-refractivity contribution < 1.29 is 5.11 Å². The summed E-state index contributed by atoms with van der Waals surface area (Å²) in [5.41, 5.74) is 2.19. The second kappa shape index (κ2) is 8.55. The minimum Gasteiger partial charge on any atom is -0.385 e. The first-order valence-corrected chi connectivity index (χ1v) is 12.3. The van der Waals surface area contributed by atoms with Crippen LogP contribution in [-0.4, -0.2) is 21.7 Å². The van der Waals surface area contributed by atoms with E-state index in [-0.39, 0.29) is 6.04 Å². The zero-order chi connectivity index (χ0) is 22.2. The van der Waals surface area contributed by atoms with Gasteiger partial charge in [-0.3, -0.25) is 4.98 Å². The second-order valence-electron chi connectivity index (χ2n) is 10.6. The smallest absolute Gasteiger partial charge is 0.0957 e. The molecule has 168 valence electrons. The highest BCUT2D eigenvalue weighted by molar-refractivity contribution is 5.80. The lowest BCUT2D eigenvalue weighted by Crippen LogP contribution is -2.47. The molecule has 0 aliphatic heterocycles. The van der Waals surface area contributed by atoms with Crippen molar-refractivity contribution in [3.63, 3.8) is 0 Å². The maximum atomic E-state index is 11.6. The number of nitroso groups, excluding NO2 is 1. The van der Waals surface area contributed by atoms with Crippen LogP contribution < -0.4 is 0 Å². The van der Waals surface area contributed by atoms with Gasteiger partial charge in [-0.1, -0.05) is 60.5 Å². The number of fused-ring (bicyclic) bond motifs is 5. The molecule has 5 atom stereocenters. The monoisotopic (exact) mass is 430 g/mol. The first-order valence-electron chi connectivity index (χ1n) is 12.3. The number of allylic oxidation sites excluding steroid dienone is 1. The summed E-state index contributed by atoms with van der Waals surface area (Å²) in [4.78, 5) is 14.9. The molecule has 4 aliphatic rings. The van der Waals surface area contributed by atoms with Crippen LogP contribution in [0.1, 0.15) is 64.7 Å². The fourth-order valence-electron chi connectivity index (χ4n) is 6.85. The summed E-state index contributed by atoms with van der Waals surface area (Å²) in [5.74, 6) is 0.971. The Hall–Kier alpha value is -2.33. The van der Waals surface area contributed by atoms with Crippen molar-refractivity contribution in [1.29, 1.82) is 0 Å².